The molecule has 0 spiro atoms. The first-order valence-corrected chi connectivity index (χ1v) is 10.2. The Balaban J connectivity index is 1.46. The average Bonchev–Trinajstić information content (AvgIpc) is 3.03. The van der Waals surface area contributed by atoms with Crippen LogP contribution in [-0.4, -0.2) is 47.8 Å². The van der Waals surface area contributed by atoms with E-state index in [0.29, 0.717) is 41.6 Å². The van der Waals surface area contributed by atoms with Crippen LogP contribution >= 0.6 is 22.9 Å². The van der Waals surface area contributed by atoms with Gasteiger partial charge in [-0.1, -0.05) is 11.6 Å². The Labute approximate surface area is 171 Å². The highest BCUT2D eigenvalue weighted by Crippen LogP contribution is 2.32. The zero-order valence-electron chi connectivity index (χ0n) is 15.2. The maximum Gasteiger partial charge on any atom is 0.264 e. The van der Waals surface area contributed by atoms with Crippen molar-refractivity contribution in [1.29, 1.82) is 0 Å². The second kappa shape index (κ2) is 7.53. The number of piperazine rings is 1. The molecule has 2 aromatic carbocycles. The van der Waals surface area contributed by atoms with Gasteiger partial charge in [0.15, 0.2) is 0 Å². The van der Waals surface area contributed by atoms with E-state index in [1.807, 2.05) is 6.92 Å². The van der Waals surface area contributed by atoms with Crippen LogP contribution in [-0.2, 0) is 0 Å². The quantitative estimate of drug-likeness (QED) is 0.612. The van der Waals surface area contributed by atoms with Crippen LogP contribution in [0.5, 0.6) is 0 Å². The molecule has 0 radical (unpaired) electrons. The van der Waals surface area contributed by atoms with Crippen molar-refractivity contribution in [2.24, 2.45) is 0 Å². The van der Waals surface area contributed by atoms with E-state index in [-0.39, 0.29) is 17.6 Å². The van der Waals surface area contributed by atoms with Crippen molar-refractivity contribution < 1.29 is 14.0 Å². The number of fused-ring (bicyclic) bond motifs is 1. The highest BCUT2D eigenvalue weighted by molar-refractivity contribution is 7.21. The van der Waals surface area contributed by atoms with Crippen molar-refractivity contribution in [3.05, 3.63) is 69.3 Å². The maximum absolute atomic E-state index is 13.5. The fraction of sp³-hybridized carbons (Fsp3) is 0.238. The normalized spacial score (nSPS) is 14.5. The van der Waals surface area contributed by atoms with Gasteiger partial charge in [0.25, 0.3) is 11.8 Å². The van der Waals surface area contributed by atoms with E-state index in [2.05, 4.69) is 0 Å². The Hall–Kier alpha value is -2.44. The van der Waals surface area contributed by atoms with Gasteiger partial charge < -0.3 is 9.80 Å². The molecule has 0 bridgehead atoms. The molecule has 0 N–H and O–H groups in total. The van der Waals surface area contributed by atoms with Crippen LogP contribution in [0.2, 0.25) is 5.02 Å². The molecule has 4 rings (SSSR count). The number of hydrogen-bond donors (Lipinski definition) is 0. The van der Waals surface area contributed by atoms with Crippen LogP contribution in [0.25, 0.3) is 10.1 Å². The molecular formula is C21H18ClFN2O2S. The summed E-state index contributed by atoms with van der Waals surface area (Å²) in [5.74, 6) is -0.420. The summed E-state index contributed by atoms with van der Waals surface area (Å²) < 4.78 is 14.4. The van der Waals surface area contributed by atoms with Crippen molar-refractivity contribution in [3.8, 4) is 0 Å². The van der Waals surface area contributed by atoms with E-state index in [0.717, 1.165) is 15.6 Å². The zero-order valence-corrected chi connectivity index (χ0v) is 16.8. The largest absolute Gasteiger partial charge is 0.335 e. The number of aryl methyl sites for hydroxylation is 1. The molecule has 28 heavy (non-hydrogen) atoms. The summed E-state index contributed by atoms with van der Waals surface area (Å²) in [6, 6.07) is 11.4. The first-order valence-electron chi connectivity index (χ1n) is 8.97. The van der Waals surface area contributed by atoms with Gasteiger partial charge in [0, 0.05) is 41.5 Å². The van der Waals surface area contributed by atoms with E-state index < -0.39 is 0 Å². The minimum atomic E-state index is -0.304. The SMILES string of the molecule is Cc1c(C(=O)N2CCN(C(=O)c3ccc(Cl)cc3)CC2)sc2ccc(F)cc12. The predicted molar refractivity (Wildman–Crippen MR) is 110 cm³/mol. The molecule has 1 aromatic heterocycles. The van der Waals surface area contributed by atoms with Gasteiger partial charge in [-0.2, -0.15) is 0 Å². The summed E-state index contributed by atoms with van der Waals surface area (Å²) in [7, 11) is 0. The van der Waals surface area contributed by atoms with E-state index in [4.69, 9.17) is 11.6 Å². The van der Waals surface area contributed by atoms with Crippen molar-refractivity contribution in [2.45, 2.75) is 6.92 Å². The van der Waals surface area contributed by atoms with Crippen LogP contribution in [0, 0.1) is 12.7 Å². The van der Waals surface area contributed by atoms with Crippen molar-refractivity contribution in [2.75, 3.05) is 26.2 Å². The first kappa shape index (κ1) is 18.9. The van der Waals surface area contributed by atoms with Gasteiger partial charge in [0.05, 0.1) is 4.88 Å². The van der Waals surface area contributed by atoms with E-state index in [1.165, 1.54) is 23.5 Å². The van der Waals surface area contributed by atoms with E-state index >= 15 is 0 Å². The molecule has 0 aliphatic carbocycles. The topological polar surface area (TPSA) is 40.6 Å². The Morgan fingerprint density at radius 2 is 1.57 bits per heavy atom. The second-order valence-corrected chi connectivity index (χ2v) is 8.28. The molecule has 1 aliphatic rings. The number of amides is 2. The van der Waals surface area contributed by atoms with Gasteiger partial charge in [0.1, 0.15) is 5.82 Å². The number of nitrogens with zero attached hydrogens (tertiary/aromatic N) is 2. The lowest BCUT2D eigenvalue weighted by atomic mass is 10.1. The third kappa shape index (κ3) is 3.50. The summed E-state index contributed by atoms with van der Waals surface area (Å²) in [5, 5.41) is 1.37. The molecule has 7 heteroatoms. The Bertz CT molecular complexity index is 1060. The number of carbonyl (C=O) groups is 2. The van der Waals surface area contributed by atoms with Crippen LogP contribution in [0.15, 0.2) is 42.5 Å². The molecule has 3 aromatic rings. The third-order valence-corrected chi connectivity index (χ3v) is 6.55. The molecule has 2 amide bonds. The van der Waals surface area contributed by atoms with Gasteiger partial charge in [-0.25, -0.2) is 4.39 Å². The smallest absolute Gasteiger partial charge is 0.264 e. The molecule has 0 saturated carbocycles. The molecule has 1 saturated heterocycles. The van der Waals surface area contributed by atoms with Crippen molar-refractivity contribution >= 4 is 44.8 Å². The van der Waals surface area contributed by atoms with Gasteiger partial charge in [0.2, 0.25) is 0 Å². The molecule has 0 atom stereocenters. The monoisotopic (exact) mass is 416 g/mol. The van der Waals surface area contributed by atoms with Crippen LogP contribution in [0.4, 0.5) is 4.39 Å². The summed E-state index contributed by atoms with van der Waals surface area (Å²) >= 11 is 7.26. The maximum atomic E-state index is 13.5. The highest BCUT2D eigenvalue weighted by Gasteiger charge is 2.27. The molecule has 1 aliphatic heterocycles. The highest BCUT2D eigenvalue weighted by atomic mass is 35.5. The molecule has 0 unspecified atom stereocenters. The van der Waals surface area contributed by atoms with E-state index in [9.17, 15) is 14.0 Å². The van der Waals surface area contributed by atoms with Gasteiger partial charge >= 0.3 is 0 Å². The molecule has 2 heterocycles. The molecule has 4 nitrogen and oxygen atoms in total. The molecule has 1 fully saturated rings. The third-order valence-electron chi connectivity index (χ3n) is 5.04. The lowest BCUT2D eigenvalue weighted by molar-refractivity contribution is 0.0538. The number of carbonyl (C=O) groups excluding carboxylic acids is 2. The zero-order chi connectivity index (χ0) is 19.8. The minimum absolute atomic E-state index is 0.0577. The van der Waals surface area contributed by atoms with Gasteiger partial charge in [-0.05, 0) is 60.3 Å². The van der Waals surface area contributed by atoms with E-state index in [1.54, 1.807) is 40.1 Å². The number of thiophene rings is 1. The Morgan fingerprint density at radius 3 is 2.21 bits per heavy atom. The number of halogens is 2. The average molecular weight is 417 g/mol. The Morgan fingerprint density at radius 1 is 0.964 bits per heavy atom. The summed E-state index contributed by atoms with van der Waals surface area (Å²) in [5.41, 5.74) is 1.40. The standard InChI is InChI=1S/C21H18ClFN2O2S/c1-13-17-12-16(23)6-7-18(17)28-19(13)21(27)25-10-8-24(9-11-25)20(26)14-2-4-15(22)5-3-14/h2-7,12H,8-11H2,1H3. The number of hydrogen-bond acceptors (Lipinski definition) is 3. The minimum Gasteiger partial charge on any atom is -0.335 e. The number of rotatable bonds is 2. The fourth-order valence-electron chi connectivity index (χ4n) is 3.43. The molecular weight excluding hydrogens is 399 g/mol. The van der Waals surface area contributed by atoms with Gasteiger partial charge in [-0.3, -0.25) is 9.59 Å². The Kier molecular flexibility index (Phi) is 5.08. The van der Waals surface area contributed by atoms with Crippen LogP contribution < -0.4 is 0 Å². The van der Waals surface area contributed by atoms with Crippen molar-refractivity contribution in [3.63, 3.8) is 0 Å². The number of benzene rings is 2. The lowest BCUT2D eigenvalue weighted by Crippen LogP contribution is -2.50. The van der Waals surface area contributed by atoms with Crippen molar-refractivity contribution in [1.82, 2.24) is 9.80 Å². The fourth-order valence-corrected chi connectivity index (χ4v) is 4.71. The molecule has 144 valence electrons. The van der Waals surface area contributed by atoms with Gasteiger partial charge in [-0.15, -0.1) is 11.3 Å². The summed E-state index contributed by atoms with van der Waals surface area (Å²) in [6.45, 7) is 3.75. The summed E-state index contributed by atoms with van der Waals surface area (Å²) in [4.78, 5) is 29.7. The summed E-state index contributed by atoms with van der Waals surface area (Å²) in [6.07, 6.45) is 0. The first-order chi connectivity index (χ1) is 13.4. The predicted octanol–water partition coefficient (Wildman–Crippen LogP) is 4.60. The second-order valence-electron chi connectivity index (χ2n) is 6.79. The lowest BCUT2D eigenvalue weighted by Gasteiger charge is -2.34. The van der Waals surface area contributed by atoms with Crippen LogP contribution in [0.1, 0.15) is 25.6 Å². The van der Waals surface area contributed by atoms with Crippen LogP contribution in [0.3, 0.4) is 0 Å².